The summed E-state index contributed by atoms with van der Waals surface area (Å²) in [6.45, 7) is 4.42. The number of carboxylic acids is 1. The van der Waals surface area contributed by atoms with Crippen LogP contribution in [0.2, 0.25) is 0 Å². The number of nitrogens with one attached hydrogen (secondary N) is 1. The highest BCUT2D eigenvalue weighted by Gasteiger charge is 2.27. The van der Waals surface area contributed by atoms with Gasteiger partial charge in [-0.05, 0) is 43.9 Å². The second kappa shape index (κ2) is 5.41. The van der Waals surface area contributed by atoms with E-state index in [1.54, 1.807) is 19.9 Å². The molecule has 2 N–H and O–H groups in total. The first-order valence-electron chi connectivity index (χ1n) is 6.43. The Hall–Kier alpha value is -1.60. The van der Waals surface area contributed by atoms with Crippen LogP contribution in [0.5, 0.6) is 0 Å². The van der Waals surface area contributed by atoms with Crippen LogP contribution in [-0.2, 0) is 10.2 Å². The monoisotopic (exact) mass is 298 g/mol. The van der Waals surface area contributed by atoms with Crippen molar-refractivity contribution in [2.24, 2.45) is 0 Å². The van der Waals surface area contributed by atoms with E-state index in [0.29, 0.717) is 18.7 Å². The van der Waals surface area contributed by atoms with Gasteiger partial charge in [-0.1, -0.05) is 6.07 Å². The zero-order valence-corrected chi connectivity index (χ0v) is 12.3. The molecule has 0 spiro atoms. The molecule has 1 heterocycles. The Morgan fingerprint density at radius 3 is 2.40 bits per heavy atom. The molecule has 1 saturated heterocycles. The van der Waals surface area contributed by atoms with Crippen molar-refractivity contribution in [2.75, 3.05) is 17.8 Å². The SMILES string of the molecule is Cc1cc(C)c(NS(=O)(=O)N2CCCC2)c(C(=O)O)c1. The minimum absolute atomic E-state index is 0.0229. The molecule has 1 aromatic rings. The largest absolute Gasteiger partial charge is 0.478 e. The van der Waals surface area contributed by atoms with E-state index in [4.69, 9.17) is 0 Å². The summed E-state index contributed by atoms with van der Waals surface area (Å²) in [6, 6.07) is 3.23. The Kier molecular flexibility index (Phi) is 4.01. The van der Waals surface area contributed by atoms with Gasteiger partial charge in [0, 0.05) is 13.1 Å². The molecular weight excluding hydrogens is 280 g/mol. The normalized spacial score (nSPS) is 16.3. The van der Waals surface area contributed by atoms with Crippen molar-refractivity contribution in [3.63, 3.8) is 0 Å². The summed E-state index contributed by atoms with van der Waals surface area (Å²) in [4.78, 5) is 11.3. The number of hydrogen-bond donors (Lipinski definition) is 2. The molecule has 6 nitrogen and oxygen atoms in total. The van der Waals surface area contributed by atoms with Crippen molar-refractivity contribution < 1.29 is 18.3 Å². The van der Waals surface area contributed by atoms with Crippen LogP contribution >= 0.6 is 0 Å². The quantitative estimate of drug-likeness (QED) is 0.886. The van der Waals surface area contributed by atoms with Crippen molar-refractivity contribution in [1.82, 2.24) is 4.31 Å². The highest BCUT2D eigenvalue weighted by Crippen LogP contribution is 2.25. The number of rotatable bonds is 4. The molecule has 0 bridgehead atoms. The van der Waals surface area contributed by atoms with Crippen molar-refractivity contribution in [3.05, 3.63) is 28.8 Å². The number of benzene rings is 1. The van der Waals surface area contributed by atoms with Crippen LogP contribution in [0.1, 0.15) is 34.3 Å². The van der Waals surface area contributed by atoms with Crippen LogP contribution in [-0.4, -0.2) is 36.9 Å². The van der Waals surface area contributed by atoms with E-state index < -0.39 is 16.2 Å². The average Bonchev–Trinajstić information content (AvgIpc) is 2.86. The molecular formula is C13H18N2O4S. The topological polar surface area (TPSA) is 86.7 Å². The lowest BCUT2D eigenvalue weighted by Gasteiger charge is -2.19. The molecule has 1 aliphatic heterocycles. The first-order valence-corrected chi connectivity index (χ1v) is 7.87. The fourth-order valence-electron chi connectivity index (χ4n) is 2.39. The first-order chi connectivity index (χ1) is 9.31. The number of anilines is 1. The van der Waals surface area contributed by atoms with Crippen molar-refractivity contribution >= 4 is 21.9 Å². The molecule has 0 aliphatic carbocycles. The highest BCUT2D eigenvalue weighted by molar-refractivity contribution is 7.90. The van der Waals surface area contributed by atoms with Gasteiger partial charge in [-0.15, -0.1) is 0 Å². The number of nitrogens with zero attached hydrogens (tertiary/aromatic N) is 1. The van der Waals surface area contributed by atoms with Gasteiger partial charge in [0.1, 0.15) is 0 Å². The molecule has 7 heteroatoms. The van der Waals surface area contributed by atoms with Crippen LogP contribution in [0.4, 0.5) is 5.69 Å². The van der Waals surface area contributed by atoms with Crippen LogP contribution in [0, 0.1) is 13.8 Å². The van der Waals surface area contributed by atoms with E-state index in [-0.39, 0.29) is 11.3 Å². The molecule has 1 fully saturated rings. The van der Waals surface area contributed by atoms with Gasteiger partial charge in [-0.3, -0.25) is 4.72 Å². The number of aromatic carboxylic acids is 1. The maximum Gasteiger partial charge on any atom is 0.337 e. The standard InChI is InChI=1S/C13H18N2O4S/c1-9-7-10(2)12(11(8-9)13(16)17)14-20(18,19)15-5-3-4-6-15/h7-8,14H,3-6H2,1-2H3,(H,16,17). The molecule has 110 valence electrons. The van der Waals surface area contributed by atoms with Crippen molar-refractivity contribution in [2.45, 2.75) is 26.7 Å². The number of aryl methyl sites for hydroxylation is 2. The summed E-state index contributed by atoms with van der Waals surface area (Å²) in [7, 11) is -3.68. The summed E-state index contributed by atoms with van der Waals surface area (Å²) < 4.78 is 28.2. The van der Waals surface area contributed by atoms with Gasteiger partial charge in [-0.25, -0.2) is 4.79 Å². The molecule has 1 aliphatic rings. The Labute approximate surface area is 118 Å². The maximum atomic E-state index is 12.2. The van der Waals surface area contributed by atoms with E-state index in [2.05, 4.69) is 4.72 Å². The summed E-state index contributed by atoms with van der Waals surface area (Å²) >= 11 is 0. The van der Waals surface area contributed by atoms with Gasteiger partial charge in [-0.2, -0.15) is 12.7 Å². The minimum Gasteiger partial charge on any atom is -0.478 e. The maximum absolute atomic E-state index is 12.2. The summed E-state index contributed by atoms with van der Waals surface area (Å²) in [5, 5.41) is 9.23. The van der Waals surface area contributed by atoms with Crippen molar-refractivity contribution in [3.8, 4) is 0 Å². The van der Waals surface area contributed by atoms with E-state index in [1.807, 2.05) is 0 Å². The molecule has 0 aromatic heterocycles. The number of hydrogen-bond acceptors (Lipinski definition) is 3. The Balaban J connectivity index is 2.40. The molecule has 1 aromatic carbocycles. The van der Waals surface area contributed by atoms with E-state index in [9.17, 15) is 18.3 Å². The molecule has 0 unspecified atom stereocenters. The third-order valence-corrected chi connectivity index (χ3v) is 4.85. The second-order valence-corrected chi connectivity index (χ2v) is 6.69. The van der Waals surface area contributed by atoms with Gasteiger partial charge in [0.05, 0.1) is 11.3 Å². The Bertz CT molecular complexity index is 634. The lowest BCUT2D eigenvalue weighted by Crippen LogP contribution is -2.34. The average molecular weight is 298 g/mol. The van der Waals surface area contributed by atoms with Gasteiger partial charge in [0.25, 0.3) is 0 Å². The smallest absolute Gasteiger partial charge is 0.337 e. The summed E-state index contributed by atoms with van der Waals surface area (Å²) in [6.07, 6.45) is 1.67. The lowest BCUT2D eigenvalue weighted by atomic mass is 10.0. The molecule has 0 amide bonds. The van der Waals surface area contributed by atoms with Crippen LogP contribution in [0.25, 0.3) is 0 Å². The van der Waals surface area contributed by atoms with E-state index >= 15 is 0 Å². The Morgan fingerprint density at radius 2 is 1.85 bits per heavy atom. The number of carbonyl (C=O) groups is 1. The van der Waals surface area contributed by atoms with Crippen molar-refractivity contribution in [1.29, 1.82) is 0 Å². The zero-order valence-electron chi connectivity index (χ0n) is 11.5. The van der Waals surface area contributed by atoms with E-state index in [0.717, 1.165) is 18.4 Å². The van der Waals surface area contributed by atoms with E-state index in [1.165, 1.54) is 10.4 Å². The zero-order chi connectivity index (χ0) is 14.9. The van der Waals surface area contributed by atoms with Gasteiger partial charge in [0.15, 0.2) is 0 Å². The van der Waals surface area contributed by atoms with Gasteiger partial charge < -0.3 is 5.11 Å². The minimum atomic E-state index is -3.68. The summed E-state index contributed by atoms with van der Waals surface area (Å²) in [5.74, 6) is -1.14. The highest BCUT2D eigenvalue weighted by atomic mass is 32.2. The number of carboxylic acid groups (broad SMARTS) is 1. The van der Waals surface area contributed by atoms with Crippen LogP contribution in [0.3, 0.4) is 0 Å². The lowest BCUT2D eigenvalue weighted by molar-refractivity contribution is 0.0698. The fourth-order valence-corrected chi connectivity index (χ4v) is 3.79. The van der Waals surface area contributed by atoms with Gasteiger partial charge >= 0.3 is 16.2 Å². The Morgan fingerprint density at radius 1 is 1.25 bits per heavy atom. The summed E-state index contributed by atoms with van der Waals surface area (Å²) in [5.41, 5.74) is 1.51. The van der Waals surface area contributed by atoms with Crippen LogP contribution < -0.4 is 4.72 Å². The molecule has 0 radical (unpaired) electrons. The van der Waals surface area contributed by atoms with Crippen LogP contribution in [0.15, 0.2) is 12.1 Å². The third-order valence-electron chi connectivity index (χ3n) is 3.35. The predicted octanol–water partition coefficient (Wildman–Crippen LogP) is 1.75. The third kappa shape index (κ3) is 2.94. The molecule has 2 rings (SSSR count). The van der Waals surface area contributed by atoms with Gasteiger partial charge in [0.2, 0.25) is 0 Å². The predicted molar refractivity (Wildman–Crippen MR) is 76.2 cm³/mol. The molecule has 20 heavy (non-hydrogen) atoms. The second-order valence-electron chi connectivity index (χ2n) is 5.02. The fraction of sp³-hybridized carbons (Fsp3) is 0.462. The first kappa shape index (κ1) is 14.8. The molecule has 0 atom stereocenters. The molecule has 0 saturated carbocycles.